The first-order chi connectivity index (χ1) is 7.31. The zero-order valence-electron chi connectivity index (χ0n) is 8.95. The zero-order chi connectivity index (χ0) is 10.7. The number of methoxy groups -OCH3 is 1. The highest BCUT2D eigenvalue weighted by Crippen LogP contribution is 2.37. The van der Waals surface area contributed by atoms with Crippen molar-refractivity contribution in [2.75, 3.05) is 7.11 Å². The Labute approximate surface area is 99.2 Å². The van der Waals surface area contributed by atoms with E-state index in [1.54, 1.807) is 13.3 Å². The number of aromatic nitrogens is 1. The summed E-state index contributed by atoms with van der Waals surface area (Å²) < 4.78 is 5.20. The van der Waals surface area contributed by atoms with Crippen molar-refractivity contribution in [3.63, 3.8) is 0 Å². The molecule has 1 saturated carbocycles. The summed E-state index contributed by atoms with van der Waals surface area (Å²) in [6.45, 7) is 0. The lowest BCUT2D eigenvalue weighted by Crippen LogP contribution is -2.17. The third-order valence-electron chi connectivity index (χ3n) is 3.08. The van der Waals surface area contributed by atoms with Gasteiger partial charge in [0.25, 0.3) is 0 Å². The van der Waals surface area contributed by atoms with E-state index in [4.69, 9.17) is 4.74 Å². The monoisotopic (exact) mass is 269 g/mol. The van der Waals surface area contributed by atoms with E-state index in [0.29, 0.717) is 10.7 Å². The van der Waals surface area contributed by atoms with E-state index in [9.17, 15) is 0 Å². The third-order valence-corrected chi connectivity index (χ3v) is 4.18. The van der Waals surface area contributed by atoms with Crippen LogP contribution in [-0.2, 0) is 0 Å². The Morgan fingerprint density at radius 1 is 1.33 bits per heavy atom. The van der Waals surface area contributed by atoms with Gasteiger partial charge in [-0.05, 0) is 30.4 Å². The summed E-state index contributed by atoms with van der Waals surface area (Å²) in [5.41, 5.74) is 1.30. The number of rotatable bonds is 2. The molecule has 0 aliphatic heterocycles. The number of pyridine rings is 1. The molecule has 1 aromatic heterocycles. The van der Waals surface area contributed by atoms with Gasteiger partial charge in [-0.25, -0.2) is 0 Å². The molecule has 1 aromatic rings. The highest BCUT2D eigenvalue weighted by molar-refractivity contribution is 9.09. The number of hydrogen-bond donors (Lipinski definition) is 0. The quantitative estimate of drug-likeness (QED) is 0.767. The minimum atomic E-state index is 0.597. The van der Waals surface area contributed by atoms with Crippen molar-refractivity contribution in [3.8, 4) is 5.75 Å². The molecule has 0 N–H and O–H groups in total. The molecule has 0 bridgehead atoms. The largest absolute Gasteiger partial charge is 0.495 e. The van der Waals surface area contributed by atoms with Crippen molar-refractivity contribution in [2.24, 2.45) is 0 Å². The van der Waals surface area contributed by atoms with Crippen LogP contribution in [0, 0.1) is 0 Å². The van der Waals surface area contributed by atoms with Crippen molar-refractivity contribution in [1.82, 2.24) is 4.98 Å². The molecule has 1 aliphatic rings. The van der Waals surface area contributed by atoms with Crippen LogP contribution in [0.2, 0.25) is 0 Å². The Bertz CT molecular complexity index is 329. The van der Waals surface area contributed by atoms with E-state index in [-0.39, 0.29) is 0 Å². The highest BCUT2D eigenvalue weighted by atomic mass is 79.9. The van der Waals surface area contributed by atoms with Crippen LogP contribution in [-0.4, -0.2) is 16.9 Å². The Hall–Kier alpha value is -0.570. The van der Waals surface area contributed by atoms with Crippen LogP contribution in [0.4, 0.5) is 0 Å². The SMILES string of the molecule is COc1cncc(C2CCCCC2Br)c1. The molecule has 0 amide bonds. The maximum absolute atomic E-state index is 5.20. The molecule has 2 nitrogen and oxygen atoms in total. The lowest BCUT2D eigenvalue weighted by atomic mass is 9.84. The van der Waals surface area contributed by atoms with E-state index < -0.39 is 0 Å². The van der Waals surface area contributed by atoms with E-state index in [2.05, 4.69) is 27.0 Å². The van der Waals surface area contributed by atoms with Crippen LogP contribution in [0.3, 0.4) is 0 Å². The zero-order valence-corrected chi connectivity index (χ0v) is 10.5. The first-order valence-electron chi connectivity index (χ1n) is 5.44. The molecule has 15 heavy (non-hydrogen) atoms. The Balaban J connectivity index is 2.19. The first-order valence-corrected chi connectivity index (χ1v) is 6.36. The van der Waals surface area contributed by atoms with E-state index in [0.717, 1.165) is 5.75 Å². The summed E-state index contributed by atoms with van der Waals surface area (Å²) in [7, 11) is 1.69. The van der Waals surface area contributed by atoms with Gasteiger partial charge in [0.15, 0.2) is 0 Å². The van der Waals surface area contributed by atoms with Crippen LogP contribution in [0.15, 0.2) is 18.5 Å². The predicted octanol–water partition coefficient (Wildman–Crippen LogP) is 3.51. The van der Waals surface area contributed by atoms with Gasteiger partial charge in [-0.1, -0.05) is 28.8 Å². The molecule has 1 aliphatic carbocycles. The molecule has 0 spiro atoms. The molecule has 2 unspecified atom stereocenters. The highest BCUT2D eigenvalue weighted by Gasteiger charge is 2.24. The van der Waals surface area contributed by atoms with E-state index in [1.165, 1.54) is 31.2 Å². The van der Waals surface area contributed by atoms with Crippen LogP contribution < -0.4 is 4.74 Å². The van der Waals surface area contributed by atoms with E-state index >= 15 is 0 Å². The standard InChI is InChI=1S/C12H16BrNO/c1-15-10-6-9(7-14-8-10)11-4-2-3-5-12(11)13/h6-8,11-12H,2-5H2,1H3. The minimum absolute atomic E-state index is 0.597. The molecular weight excluding hydrogens is 254 g/mol. The molecule has 3 heteroatoms. The average Bonchev–Trinajstić information content (AvgIpc) is 2.30. The summed E-state index contributed by atoms with van der Waals surface area (Å²) in [6, 6.07) is 2.11. The molecule has 0 saturated heterocycles. The minimum Gasteiger partial charge on any atom is -0.495 e. The molecule has 1 fully saturated rings. The smallest absolute Gasteiger partial charge is 0.137 e. The third kappa shape index (κ3) is 2.51. The van der Waals surface area contributed by atoms with Gasteiger partial charge >= 0.3 is 0 Å². The molecule has 1 heterocycles. The summed E-state index contributed by atoms with van der Waals surface area (Å²) in [5, 5.41) is 0. The first kappa shape index (κ1) is 10.9. The number of ether oxygens (including phenoxy) is 1. The second kappa shape index (κ2) is 4.97. The number of hydrogen-bond acceptors (Lipinski definition) is 2. The van der Waals surface area contributed by atoms with Crippen molar-refractivity contribution in [2.45, 2.75) is 36.4 Å². The molecular formula is C12H16BrNO. The lowest BCUT2D eigenvalue weighted by Gasteiger charge is -2.27. The van der Waals surface area contributed by atoms with Crippen LogP contribution >= 0.6 is 15.9 Å². The van der Waals surface area contributed by atoms with Crippen LogP contribution in [0.5, 0.6) is 5.75 Å². The average molecular weight is 270 g/mol. The van der Waals surface area contributed by atoms with Gasteiger partial charge in [0.1, 0.15) is 5.75 Å². The van der Waals surface area contributed by atoms with Gasteiger partial charge in [-0.3, -0.25) is 4.98 Å². The summed E-state index contributed by atoms with van der Waals surface area (Å²) in [4.78, 5) is 4.82. The Morgan fingerprint density at radius 2 is 2.13 bits per heavy atom. The fourth-order valence-corrected chi connectivity index (χ4v) is 3.10. The number of nitrogens with zero attached hydrogens (tertiary/aromatic N) is 1. The predicted molar refractivity (Wildman–Crippen MR) is 64.7 cm³/mol. The molecule has 82 valence electrons. The normalized spacial score (nSPS) is 26.3. The molecule has 2 atom stereocenters. The van der Waals surface area contributed by atoms with Crippen molar-refractivity contribution in [1.29, 1.82) is 0 Å². The lowest BCUT2D eigenvalue weighted by molar-refractivity contribution is 0.409. The topological polar surface area (TPSA) is 22.1 Å². The van der Waals surface area contributed by atoms with E-state index in [1.807, 2.05) is 6.20 Å². The van der Waals surface area contributed by atoms with Crippen molar-refractivity contribution in [3.05, 3.63) is 24.0 Å². The maximum Gasteiger partial charge on any atom is 0.137 e. The van der Waals surface area contributed by atoms with Crippen LogP contribution in [0.1, 0.15) is 37.2 Å². The summed E-state index contributed by atoms with van der Waals surface area (Å²) in [6.07, 6.45) is 8.91. The maximum atomic E-state index is 5.20. The fraction of sp³-hybridized carbons (Fsp3) is 0.583. The second-order valence-electron chi connectivity index (χ2n) is 4.07. The van der Waals surface area contributed by atoms with Gasteiger partial charge < -0.3 is 4.74 Å². The number of alkyl halides is 1. The number of halogens is 1. The van der Waals surface area contributed by atoms with Crippen LogP contribution in [0.25, 0.3) is 0 Å². The van der Waals surface area contributed by atoms with Gasteiger partial charge in [0, 0.05) is 11.0 Å². The molecule has 0 radical (unpaired) electrons. The Kier molecular flexibility index (Phi) is 3.62. The second-order valence-corrected chi connectivity index (χ2v) is 5.24. The fourth-order valence-electron chi connectivity index (χ4n) is 2.21. The Morgan fingerprint density at radius 3 is 2.87 bits per heavy atom. The summed E-state index contributed by atoms with van der Waals surface area (Å²) in [5.74, 6) is 1.46. The van der Waals surface area contributed by atoms with Gasteiger partial charge in [-0.2, -0.15) is 0 Å². The molecule has 2 rings (SSSR count). The van der Waals surface area contributed by atoms with Crippen molar-refractivity contribution < 1.29 is 4.74 Å². The van der Waals surface area contributed by atoms with Gasteiger partial charge in [0.05, 0.1) is 13.3 Å². The van der Waals surface area contributed by atoms with Crippen molar-refractivity contribution >= 4 is 15.9 Å². The summed E-state index contributed by atoms with van der Waals surface area (Å²) >= 11 is 3.77. The van der Waals surface area contributed by atoms with Gasteiger partial charge in [0.2, 0.25) is 0 Å². The molecule has 0 aromatic carbocycles. The van der Waals surface area contributed by atoms with Gasteiger partial charge in [-0.15, -0.1) is 0 Å².